The molecule has 3 heteroatoms. The van der Waals surface area contributed by atoms with E-state index in [0.717, 1.165) is 22.5 Å². The van der Waals surface area contributed by atoms with Crippen molar-refractivity contribution in [2.45, 2.75) is 6.54 Å². The van der Waals surface area contributed by atoms with E-state index in [0.29, 0.717) is 0 Å². The van der Waals surface area contributed by atoms with E-state index in [-0.39, 0.29) is 0 Å². The standard InChI is InChI=1S/C12H20NO2/c1-13(2,3)9-10-7-6-8-11(14-4)12(10)15-5/h6-8H,9H2,1-5H3/q+1. The first-order chi connectivity index (χ1) is 6.98. The summed E-state index contributed by atoms with van der Waals surface area (Å²) in [5.41, 5.74) is 1.17. The number of methoxy groups -OCH3 is 2. The van der Waals surface area contributed by atoms with E-state index in [1.54, 1.807) is 14.2 Å². The number of hydrogen-bond donors (Lipinski definition) is 0. The second kappa shape index (κ2) is 4.53. The first kappa shape index (κ1) is 11.9. The van der Waals surface area contributed by atoms with Crippen molar-refractivity contribution in [2.24, 2.45) is 0 Å². The molecule has 0 aliphatic carbocycles. The van der Waals surface area contributed by atoms with Gasteiger partial charge in [-0.2, -0.15) is 0 Å². The van der Waals surface area contributed by atoms with Gasteiger partial charge in [-0.1, -0.05) is 6.07 Å². The molecule has 0 saturated heterocycles. The van der Waals surface area contributed by atoms with Crippen LogP contribution < -0.4 is 9.47 Å². The van der Waals surface area contributed by atoms with Gasteiger partial charge in [-0.3, -0.25) is 0 Å². The zero-order chi connectivity index (χ0) is 11.5. The van der Waals surface area contributed by atoms with E-state index in [1.807, 2.05) is 12.1 Å². The molecule has 0 bridgehead atoms. The molecule has 0 N–H and O–H groups in total. The molecule has 1 rings (SSSR count). The summed E-state index contributed by atoms with van der Waals surface area (Å²) < 4.78 is 11.5. The van der Waals surface area contributed by atoms with E-state index in [4.69, 9.17) is 9.47 Å². The van der Waals surface area contributed by atoms with E-state index < -0.39 is 0 Å². The zero-order valence-corrected chi connectivity index (χ0v) is 10.2. The highest BCUT2D eigenvalue weighted by Gasteiger charge is 2.15. The Bertz CT molecular complexity index is 329. The molecule has 1 aromatic rings. The summed E-state index contributed by atoms with van der Waals surface area (Å²) in [6.07, 6.45) is 0. The molecule has 0 spiro atoms. The molecule has 0 radical (unpaired) electrons. The highest BCUT2D eigenvalue weighted by Crippen LogP contribution is 2.31. The minimum Gasteiger partial charge on any atom is -0.493 e. The summed E-state index contributed by atoms with van der Waals surface area (Å²) in [6.45, 7) is 0.917. The smallest absolute Gasteiger partial charge is 0.169 e. The van der Waals surface area contributed by atoms with Crippen molar-refractivity contribution in [1.29, 1.82) is 0 Å². The van der Waals surface area contributed by atoms with Crippen LogP contribution in [-0.4, -0.2) is 39.8 Å². The van der Waals surface area contributed by atoms with Gasteiger partial charge in [0.1, 0.15) is 6.54 Å². The van der Waals surface area contributed by atoms with Crippen LogP contribution in [0.15, 0.2) is 18.2 Å². The van der Waals surface area contributed by atoms with Gasteiger partial charge in [0.05, 0.1) is 40.9 Å². The van der Waals surface area contributed by atoms with Gasteiger partial charge in [0.15, 0.2) is 11.5 Å². The van der Waals surface area contributed by atoms with Gasteiger partial charge in [-0.15, -0.1) is 0 Å². The van der Waals surface area contributed by atoms with Gasteiger partial charge < -0.3 is 14.0 Å². The van der Waals surface area contributed by atoms with E-state index in [2.05, 4.69) is 27.2 Å². The van der Waals surface area contributed by atoms with Gasteiger partial charge in [-0.25, -0.2) is 0 Å². The van der Waals surface area contributed by atoms with Crippen LogP contribution in [0.5, 0.6) is 11.5 Å². The van der Waals surface area contributed by atoms with Gasteiger partial charge in [0.2, 0.25) is 0 Å². The van der Waals surface area contributed by atoms with Crippen LogP contribution in [0, 0.1) is 0 Å². The molecule has 84 valence electrons. The van der Waals surface area contributed by atoms with Gasteiger partial charge in [-0.05, 0) is 12.1 Å². The van der Waals surface area contributed by atoms with Crippen molar-refractivity contribution in [3.05, 3.63) is 23.8 Å². The lowest BCUT2D eigenvalue weighted by atomic mass is 10.1. The van der Waals surface area contributed by atoms with Gasteiger partial charge in [0.25, 0.3) is 0 Å². The van der Waals surface area contributed by atoms with E-state index >= 15 is 0 Å². The Morgan fingerprint density at radius 2 is 1.73 bits per heavy atom. The molecule has 0 atom stereocenters. The average Bonchev–Trinajstić information content (AvgIpc) is 2.15. The molecular formula is C12H20NO2+. The number of benzene rings is 1. The van der Waals surface area contributed by atoms with Crippen molar-refractivity contribution >= 4 is 0 Å². The second-order valence-electron chi connectivity index (χ2n) is 4.60. The summed E-state index contributed by atoms with van der Waals surface area (Å²) in [6, 6.07) is 5.98. The van der Waals surface area contributed by atoms with Gasteiger partial charge >= 0.3 is 0 Å². The summed E-state index contributed by atoms with van der Waals surface area (Å²) in [5, 5.41) is 0. The number of quaternary nitrogens is 1. The Morgan fingerprint density at radius 3 is 2.20 bits per heavy atom. The summed E-state index contributed by atoms with van der Waals surface area (Å²) in [7, 11) is 9.79. The lowest BCUT2D eigenvalue weighted by molar-refractivity contribution is -0.884. The SMILES string of the molecule is COc1cccc(C[N+](C)(C)C)c1OC. The summed E-state index contributed by atoms with van der Waals surface area (Å²) >= 11 is 0. The van der Waals surface area contributed by atoms with Crippen molar-refractivity contribution in [3.8, 4) is 11.5 Å². The maximum absolute atomic E-state index is 5.38. The normalized spacial score (nSPS) is 11.3. The molecule has 3 nitrogen and oxygen atoms in total. The quantitative estimate of drug-likeness (QED) is 0.707. The number of ether oxygens (including phenoxy) is 2. The van der Waals surface area contributed by atoms with Crippen LogP contribution in [0.25, 0.3) is 0 Å². The average molecular weight is 210 g/mol. The molecule has 0 unspecified atom stereocenters. The summed E-state index contributed by atoms with van der Waals surface area (Å²) in [4.78, 5) is 0. The Hall–Kier alpha value is -1.22. The fraction of sp³-hybridized carbons (Fsp3) is 0.500. The third-order valence-corrected chi connectivity index (χ3v) is 2.13. The van der Waals surface area contributed by atoms with Crippen molar-refractivity contribution in [3.63, 3.8) is 0 Å². The van der Waals surface area contributed by atoms with Crippen molar-refractivity contribution in [2.75, 3.05) is 35.4 Å². The molecule has 0 aromatic heterocycles. The van der Waals surface area contributed by atoms with Crippen LogP contribution in [0.1, 0.15) is 5.56 Å². The Labute approximate surface area is 91.8 Å². The molecular weight excluding hydrogens is 190 g/mol. The number of rotatable bonds is 4. The number of para-hydroxylation sites is 1. The fourth-order valence-electron chi connectivity index (χ4n) is 1.59. The molecule has 0 fully saturated rings. The first-order valence-corrected chi connectivity index (χ1v) is 4.98. The van der Waals surface area contributed by atoms with Crippen LogP contribution in [-0.2, 0) is 6.54 Å². The predicted octanol–water partition coefficient (Wildman–Crippen LogP) is 1.91. The lowest BCUT2D eigenvalue weighted by Crippen LogP contribution is -2.33. The Kier molecular flexibility index (Phi) is 3.58. The molecule has 0 aliphatic heterocycles. The van der Waals surface area contributed by atoms with Crippen LogP contribution in [0.3, 0.4) is 0 Å². The van der Waals surface area contributed by atoms with Crippen molar-refractivity contribution in [1.82, 2.24) is 0 Å². The third kappa shape index (κ3) is 3.13. The molecule has 0 heterocycles. The monoisotopic (exact) mass is 210 g/mol. The molecule has 0 saturated carbocycles. The highest BCUT2D eigenvalue weighted by atomic mass is 16.5. The molecule has 1 aromatic carbocycles. The maximum Gasteiger partial charge on any atom is 0.169 e. The van der Waals surface area contributed by atoms with E-state index in [9.17, 15) is 0 Å². The van der Waals surface area contributed by atoms with Crippen LogP contribution >= 0.6 is 0 Å². The largest absolute Gasteiger partial charge is 0.493 e. The van der Waals surface area contributed by atoms with Crippen LogP contribution in [0.2, 0.25) is 0 Å². The minimum absolute atomic E-state index is 0.795. The van der Waals surface area contributed by atoms with Crippen molar-refractivity contribution < 1.29 is 14.0 Å². The topological polar surface area (TPSA) is 18.5 Å². The Balaban J connectivity index is 3.06. The zero-order valence-electron chi connectivity index (χ0n) is 10.2. The van der Waals surface area contributed by atoms with E-state index in [1.165, 1.54) is 5.56 Å². The minimum atomic E-state index is 0.795. The maximum atomic E-state index is 5.38. The predicted molar refractivity (Wildman–Crippen MR) is 61.3 cm³/mol. The molecule has 0 aliphatic rings. The lowest BCUT2D eigenvalue weighted by Gasteiger charge is -2.25. The highest BCUT2D eigenvalue weighted by molar-refractivity contribution is 5.46. The second-order valence-corrected chi connectivity index (χ2v) is 4.60. The molecule has 0 amide bonds. The Morgan fingerprint density at radius 1 is 1.07 bits per heavy atom. The molecule has 15 heavy (non-hydrogen) atoms. The first-order valence-electron chi connectivity index (χ1n) is 4.98. The van der Waals surface area contributed by atoms with Crippen LogP contribution in [0.4, 0.5) is 0 Å². The number of hydrogen-bond acceptors (Lipinski definition) is 2. The van der Waals surface area contributed by atoms with Gasteiger partial charge in [0, 0.05) is 0 Å². The summed E-state index contributed by atoms with van der Waals surface area (Å²) in [5.74, 6) is 1.64. The number of nitrogens with zero attached hydrogens (tertiary/aromatic N) is 1. The third-order valence-electron chi connectivity index (χ3n) is 2.13. The fourth-order valence-corrected chi connectivity index (χ4v) is 1.59.